The molecule has 1 atom stereocenters. The van der Waals surface area contributed by atoms with E-state index in [0.29, 0.717) is 31.7 Å². The van der Waals surface area contributed by atoms with Crippen LogP contribution in [0, 0.1) is 0 Å². The number of benzene rings is 1. The van der Waals surface area contributed by atoms with Gasteiger partial charge in [0.25, 0.3) is 12.3 Å². The molecule has 1 aromatic carbocycles. The number of nitrogens with zero attached hydrogens (tertiary/aromatic N) is 2. The van der Waals surface area contributed by atoms with Gasteiger partial charge in [-0.3, -0.25) is 9.69 Å². The second kappa shape index (κ2) is 9.15. The maximum atomic E-state index is 12.6. The molecule has 7 heteroatoms. The summed E-state index contributed by atoms with van der Waals surface area (Å²) in [5.74, 6) is -0.0429. The molecule has 1 aliphatic heterocycles. The highest BCUT2D eigenvalue weighted by molar-refractivity contribution is 5.94. The SMILES string of the molecule is CCC1CN(C(=O)c2ccc(CN)cc2)CCN1CC(F)F.Cl. The Bertz CT molecular complexity index is 499. The lowest BCUT2D eigenvalue weighted by atomic mass is 10.1. The fraction of sp³-hybridized carbons (Fsp3) is 0.562. The Labute approximate surface area is 142 Å². The summed E-state index contributed by atoms with van der Waals surface area (Å²) >= 11 is 0. The molecule has 0 saturated carbocycles. The van der Waals surface area contributed by atoms with Crippen LogP contribution in [0.15, 0.2) is 24.3 Å². The molecule has 2 N–H and O–H groups in total. The highest BCUT2D eigenvalue weighted by atomic mass is 35.5. The van der Waals surface area contributed by atoms with Gasteiger partial charge < -0.3 is 10.6 Å². The molecule has 0 aromatic heterocycles. The number of halogens is 3. The molecule has 1 aromatic rings. The predicted molar refractivity (Wildman–Crippen MR) is 89.1 cm³/mol. The average Bonchev–Trinajstić information content (AvgIpc) is 2.54. The number of hydrogen-bond acceptors (Lipinski definition) is 3. The van der Waals surface area contributed by atoms with Gasteiger partial charge in [-0.1, -0.05) is 19.1 Å². The Balaban J connectivity index is 0.00000264. The van der Waals surface area contributed by atoms with Crippen LogP contribution in [0.1, 0.15) is 29.3 Å². The summed E-state index contributed by atoms with van der Waals surface area (Å²) in [6.45, 7) is 3.68. The van der Waals surface area contributed by atoms with Crippen LogP contribution >= 0.6 is 12.4 Å². The van der Waals surface area contributed by atoms with E-state index < -0.39 is 6.43 Å². The quantitative estimate of drug-likeness (QED) is 0.889. The Morgan fingerprint density at radius 1 is 1.30 bits per heavy atom. The van der Waals surface area contributed by atoms with Crippen molar-refractivity contribution in [2.45, 2.75) is 32.4 Å². The van der Waals surface area contributed by atoms with Crippen molar-refractivity contribution in [3.05, 3.63) is 35.4 Å². The molecule has 0 aliphatic carbocycles. The van der Waals surface area contributed by atoms with Crippen molar-refractivity contribution in [3.8, 4) is 0 Å². The topological polar surface area (TPSA) is 49.6 Å². The summed E-state index contributed by atoms with van der Waals surface area (Å²) in [5, 5.41) is 0. The fourth-order valence-corrected chi connectivity index (χ4v) is 2.85. The van der Waals surface area contributed by atoms with Crippen molar-refractivity contribution >= 4 is 18.3 Å². The molecule has 2 rings (SSSR count). The maximum Gasteiger partial charge on any atom is 0.253 e. The Morgan fingerprint density at radius 3 is 2.48 bits per heavy atom. The largest absolute Gasteiger partial charge is 0.336 e. The van der Waals surface area contributed by atoms with Gasteiger partial charge in [0, 0.05) is 37.8 Å². The van der Waals surface area contributed by atoms with Crippen molar-refractivity contribution in [1.82, 2.24) is 9.80 Å². The zero-order valence-corrected chi connectivity index (χ0v) is 14.1. The zero-order valence-electron chi connectivity index (χ0n) is 13.3. The number of amides is 1. The zero-order chi connectivity index (χ0) is 16.1. The first-order valence-electron chi connectivity index (χ1n) is 7.65. The molecule has 4 nitrogen and oxygen atoms in total. The minimum atomic E-state index is -2.33. The molecule has 23 heavy (non-hydrogen) atoms. The number of hydrogen-bond donors (Lipinski definition) is 1. The van der Waals surface area contributed by atoms with Crippen molar-refractivity contribution < 1.29 is 13.6 Å². The molecular formula is C16H24ClF2N3O. The van der Waals surface area contributed by atoms with Gasteiger partial charge in [-0.2, -0.15) is 0 Å². The molecule has 1 amide bonds. The van der Waals surface area contributed by atoms with Crippen LogP contribution in [0.5, 0.6) is 0 Å². The lowest BCUT2D eigenvalue weighted by Crippen LogP contribution is -2.55. The molecule has 0 spiro atoms. The summed E-state index contributed by atoms with van der Waals surface area (Å²) in [7, 11) is 0. The fourth-order valence-electron chi connectivity index (χ4n) is 2.85. The number of carbonyl (C=O) groups excluding carboxylic acids is 1. The minimum Gasteiger partial charge on any atom is -0.336 e. The van der Waals surface area contributed by atoms with E-state index in [-0.39, 0.29) is 30.9 Å². The maximum absolute atomic E-state index is 12.6. The van der Waals surface area contributed by atoms with Crippen LogP contribution in [0.2, 0.25) is 0 Å². The number of piperazine rings is 1. The first-order chi connectivity index (χ1) is 10.5. The van der Waals surface area contributed by atoms with E-state index in [1.807, 2.05) is 19.1 Å². The molecule has 1 aliphatic rings. The third kappa shape index (κ3) is 5.12. The van der Waals surface area contributed by atoms with Crippen molar-refractivity contribution in [1.29, 1.82) is 0 Å². The molecule has 1 unspecified atom stereocenters. The van der Waals surface area contributed by atoms with Crippen LogP contribution in [0.4, 0.5) is 8.78 Å². The van der Waals surface area contributed by atoms with Crippen LogP contribution in [-0.4, -0.2) is 54.4 Å². The number of rotatable bonds is 5. The van der Waals surface area contributed by atoms with Crippen molar-refractivity contribution in [2.24, 2.45) is 5.73 Å². The highest BCUT2D eigenvalue weighted by Gasteiger charge is 2.30. The smallest absolute Gasteiger partial charge is 0.253 e. The number of alkyl halides is 2. The number of carbonyl (C=O) groups is 1. The van der Waals surface area contributed by atoms with E-state index in [1.165, 1.54) is 0 Å². The van der Waals surface area contributed by atoms with Crippen LogP contribution < -0.4 is 5.73 Å². The van der Waals surface area contributed by atoms with Crippen molar-refractivity contribution in [2.75, 3.05) is 26.2 Å². The number of nitrogens with two attached hydrogens (primary N) is 1. The third-order valence-corrected chi connectivity index (χ3v) is 4.17. The molecular weight excluding hydrogens is 324 g/mol. The lowest BCUT2D eigenvalue weighted by Gasteiger charge is -2.41. The van der Waals surface area contributed by atoms with Crippen LogP contribution in [0.25, 0.3) is 0 Å². The van der Waals surface area contributed by atoms with Gasteiger partial charge in [-0.05, 0) is 24.1 Å². The third-order valence-electron chi connectivity index (χ3n) is 4.17. The molecule has 0 bridgehead atoms. The van der Waals surface area contributed by atoms with Gasteiger partial charge in [-0.15, -0.1) is 12.4 Å². The second-order valence-corrected chi connectivity index (χ2v) is 5.60. The van der Waals surface area contributed by atoms with E-state index in [4.69, 9.17) is 5.73 Å². The first kappa shape index (κ1) is 19.8. The molecule has 1 fully saturated rings. The molecule has 0 radical (unpaired) electrons. The monoisotopic (exact) mass is 347 g/mol. The van der Waals surface area contributed by atoms with Gasteiger partial charge in [0.05, 0.1) is 6.54 Å². The lowest BCUT2D eigenvalue weighted by molar-refractivity contribution is 0.0186. The van der Waals surface area contributed by atoms with Crippen LogP contribution in [0.3, 0.4) is 0 Å². The van der Waals surface area contributed by atoms with E-state index in [2.05, 4.69) is 0 Å². The molecule has 1 saturated heterocycles. The minimum absolute atomic E-state index is 0. The van der Waals surface area contributed by atoms with Gasteiger partial charge in [-0.25, -0.2) is 8.78 Å². The summed E-state index contributed by atoms with van der Waals surface area (Å²) < 4.78 is 25.2. The van der Waals surface area contributed by atoms with Crippen molar-refractivity contribution in [3.63, 3.8) is 0 Å². The Kier molecular flexibility index (Phi) is 7.88. The van der Waals surface area contributed by atoms with E-state index >= 15 is 0 Å². The van der Waals surface area contributed by atoms with Crippen LogP contribution in [-0.2, 0) is 6.54 Å². The van der Waals surface area contributed by atoms with E-state index in [1.54, 1.807) is 21.9 Å². The summed E-state index contributed by atoms with van der Waals surface area (Å²) in [6, 6.07) is 7.23. The van der Waals surface area contributed by atoms with E-state index in [9.17, 15) is 13.6 Å². The highest BCUT2D eigenvalue weighted by Crippen LogP contribution is 2.17. The van der Waals surface area contributed by atoms with E-state index in [0.717, 1.165) is 12.0 Å². The summed E-state index contributed by atoms with van der Waals surface area (Å²) in [6.07, 6.45) is -1.58. The molecule has 1 heterocycles. The molecule has 130 valence electrons. The van der Waals surface area contributed by atoms with Gasteiger partial charge in [0.2, 0.25) is 0 Å². The predicted octanol–water partition coefficient (Wildman–Crippen LogP) is 2.37. The Morgan fingerprint density at radius 2 is 1.96 bits per heavy atom. The standard InChI is InChI=1S/C16H23F2N3O.ClH/c1-2-14-10-21(8-7-20(14)11-15(17)18)16(22)13-5-3-12(9-19)4-6-13;/h3-6,14-15H,2,7-11,19H2,1H3;1H. The normalized spacial score (nSPS) is 18.8. The Hall–Kier alpha value is -1.24. The van der Waals surface area contributed by atoms with Gasteiger partial charge >= 0.3 is 0 Å². The average molecular weight is 348 g/mol. The summed E-state index contributed by atoms with van der Waals surface area (Å²) in [4.78, 5) is 16.1. The first-order valence-corrected chi connectivity index (χ1v) is 7.65. The summed E-state index contributed by atoms with van der Waals surface area (Å²) in [5.41, 5.74) is 7.14. The van der Waals surface area contributed by atoms with Gasteiger partial charge in [0.15, 0.2) is 0 Å². The second-order valence-electron chi connectivity index (χ2n) is 5.60. The van der Waals surface area contributed by atoms with Gasteiger partial charge in [0.1, 0.15) is 0 Å².